The third-order valence-electron chi connectivity index (χ3n) is 4.19. The summed E-state index contributed by atoms with van der Waals surface area (Å²) in [5, 5.41) is 18.2. The number of rotatable bonds is 8. The van der Waals surface area contributed by atoms with E-state index in [1.54, 1.807) is 10.7 Å². The van der Waals surface area contributed by atoms with Gasteiger partial charge in [-0.2, -0.15) is 5.10 Å². The molecular weight excluding hydrogens is 400 g/mol. The number of carbonyl (C=O) groups is 1. The summed E-state index contributed by atoms with van der Waals surface area (Å²) in [5.41, 5.74) is 1.65. The molecule has 0 aliphatic carbocycles. The molecule has 0 unspecified atom stereocenters. The van der Waals surface area contributed by atoms with Crippen LogP contribution in [0.4, 0.5) is 5.69 Å². The number of non-ortho nitro benzene ring substituents is 1. The summed E-state index contributed by atoms with van der Waals surface area (Å²) in [6.07, 6.45) is 1.89. The minimum atomic E-state index is -0.537. The van der Waals surface area contributed by atoms with Crippen molar-refractivity contribution in [3.63, 3.8) is 0 Å². The maximum atomic E-state index is 12.3. The quantitative estimate of drug-likeness (QED) is 0.439. The molecule has 0 radical (unpaired) electrons. The molecule has 10 heteroatoms. The first kappa shape index (κ1) is 20.4. The molecule has 0 saturated heterocycles. The zero-order valence-corrected chi connectivity index (χ0v) is 16.6. The molecule has 0 spiro atoms. The van der Waals surface area contributed by atoms with Gasteiger partial charge in [-0.15, -0.1) is 0 Å². The van der Waals surface area contributed by atoms with E-state index in [9.17, 15) is 14.9 Å². The van der Waals surface area contributed by atoms with Gasteiger partial charge in [-0.05, 0) is 32.0 Å². The van der Waals surface area contributed by atoms with Crippen molar-refractivity contribution >= 4 is 23.2 Å². The molecule has 29 heavy (non-hydrogen) atoms. The second kappa shape index (κ2) is 8.78. The van der Waals surface area contributed by atoms with Gasteiger partial charge in [-0.1, -0.05) is 11.6 Å². The van der Waals surface area contributed by atoms with Crippen LogP contribution in [0.25, 0.3) is 0 Å². The number of nitro benzene ring substituents is 1. The minimum absolute atomic E-state index is 0.0312. The van der Waals surface area contributed by atoms with Crippen LogP contribution in [0.2, 0.25) is 5.02 Å². The van der Waals surface area contributed by atoms with E-state index in [1.807, 2.05) is 20.0 Å². The lowest BCUT2D eigenvalue weighted by Crippen LogP contribution is -2.22. The largest absolute Gasteiger partial charge is 0.484 e. The van der Waals surface area contributed by atoms with E-state index in [0.717, 1.165) is 17.8 Å². The van der Waals surface area contributed by atoms with Crippen molar-refractivity contribution in [3.05, 3.63) is 74.4 Å². The first-order valence-electron chi connectivity index (χ1n) is 8.84. The fourth-order valence-corrected chi connectivity index (χ4v) is 2.77. The Kier molecular flexibility index (Phi) is 6.18. The molecule has 1 aromatic carbocycles. The van der Waals surface area contributed by atoms with Gasteiger partial charge in [-0.25, -0.2) is 0 Å². The van der Waals surface area contributed by atoms with E-state index in [-0.39, 0.29) is 34.7 Å². The van der Waals surface area contributed by atoms with Crippen LogP contribution < -0.4 is 10.1 Å². The Labute approximate surface area is 171 Å². The number of amides is 1. The average Bonchev–Trinajstić information content (AvgIpc) is 3.31. The monoisotopic (exact) mass is 418 g/mol. The highest BCUT2D eigenvalue weighted by atomic mass is 35.5. The van der Waals surface area contributed by atoms with E-state index in [0.29, 0.717) is 12.3 Å². The number of hydrogen-bond donors (Lipinski definition) is 1. The number of carbonyl (C=O) groups excluding carboxylic acids is 1. The summed E-state index contributed by atoms with van der Waals surface area (Å²) in [4.78, 5) is 22.6. The van der Waals surface area contributed by atoms with Crippen molar-refractivity contribution in [1.29, 1.82) is 0 Å². The van der Waals surface area contributed by atoms with Crippen LogP contribution in [-0.2, 0) is 19.7 Å². The smallest absolute Gasteiger partial charge is 0.287 e. The number of benzene rings is 1. The van der Waals surface area contributed by atoms with E-state index < -0.39 is 4.92 Å². The molecular formula is C19H19ClN4O5. The highest BCUT2D eigenvalue weighted by Crippen LogP contribution is 2.29. The van der Waals surface area contributed by atoms with Gasteiger partial charge < -0.3 is 14.5 Å². The van der Waals surface area contributed by atoms with Crippen molar-refractivity contribution in [1.82, 2.24) is 15.1 Å². The average molecular weight is 419 g/mol. The molecule has 1 amide bonds. The van der Waals surface area contributed by atoms with Gasteiger partial charge in [0.05, 0.1) is 21.7 Å². The lowest BCUT2D eigenvalue weighted by atomic mass is 10.2. The Bertz CT molecular complexity index is 1040. The van der Waals surface area contributed by atoms with E-state index in [1.165, 1.54) is 24.3 Å². The van der Waals surface area contributed by atoms with Crippen molar-refractivity contribution in [2.45, 2.75) is 33.5 Å². The number of furan rings is 1. The molecule has 2 aromatic heterocycles. The summed E-state index contributed by atoms with van der Waals surface area (Å²) < 4.78 is 12.8. The number of nitrogens with one attached hydrogen (secondary N) is 1. The lowest BCUT2D eigenvalue weighted by Gasteiger charge is -2.06. The Morgan fingerprint density at radius 1 is 1.38 bits per heavy atom. The highest BCUT2D eigenvalue weighted by molar-refractivity contribution is 6.32. The molecule has 1 N–H and O–H groups in total. The summed E-state index contributed by atoms with van der Waals surface area (Å²) in [6.45, 7) is 4.93. The number of ether oxygens (including phenoxy) is 1. The van der Waals surface area contributed by atoms with Crippen LogP contribution in [0.5, 0.6) is 5.75 Å². The van der Waals surface area contributed by atoms with Gasteiger partial charge in [0.2, 0.25) is 0 Å². The number of aromatic nitrogens is 2. The third-order valence-corrected chi connectivity index (χ3v) is 4.50. The molecule has 152 valence electrons. The Morgan fingerprint density at radius 3 is 2.86 bits per heavy atom. The van der Waals surface area contributed by atoms with Crippen LogP contribution in [0.3, 0.4) is 0 Å². The maximum absolute atomic E-state index is 12.3. The van der Waals surface area contributed by atoms with Crippen LogP contribution in [0, 0.1) is 17.0 Å². The molecule has 0 bridgehead atoms. The van der Waals surface area contributed by atoms with Gasteiger partial charge in [-0.3, -0.25) is 19.6 Å². The zero-order chi connectivity index (χ0) is 21.0. The highest BCUT2D eigenvalue weighted by Gasteiger charge is 2.15. The predicted molar refractivity (Wildman–Crippen MR) is 105 cm³/mol. The summed E-state index contributed by atoms with van der Waals surface area (Å²) in [6, 6.07) is 7.04. The van der Waals surface area contributed by atoms with Gasteiger partial charge in [0.1, 0.15) is 18.1 Å². The first-order valence-corrected chi connectivity index (χ1v) is 9.21. The van der Waals surface area contributed by atoms with Crippen LogP contribution in [0.1, 0.15) is 34.5 Å². The number of nitrogens with zero attached hydrogens (tertiary/aromatic N) is 3. The first-order chi connectivity index (χ1) is 13.9. The van der Waals surface area contributed by atoms with Gasteiger partial charge >= 0.3 is 0 Å². The molecule has 2 heterocycles. The SMILES string of the molecule is CCn1cc(CNC(=O)c2ccc(COc3cc([N+](=O)[O-])ccc3Cl)o2)c(C)n1. The summed E-state index contributed by atoms with van der Waals surface area (Å²) in [7, 11) is 0. The summed E-state index contributed by atoms with van der Waals surface area (Å²) in [5.74, 6) is 0.307. The Hall–Kier alpha value is -3.33. The number of hydrogen-bond acceptors (Lipinski definition) is 6. The maximum Gasteiger partial charge on any atom is 0.287 e. The summed E-state index contributed by atoms with van der Waals surface area (Å²) >= 11 is 6.00. The van der Waals surface area contributed by atoms with E-state index in [4.69, 9.17) is 20.8 Å². The molecule has 0 aliphatic heterocycles. The van der Waals surface area contributed by atoms with Crippen LogP contribution in [0.15, 0.2) is 40.9 Å². The number of nitro groups is 1. The normalized spacial score (nSPS) is 10.7. The van der Waals surface area contributed by atoms with Crippen molar-refractivity contribution in [2.24, 2.45) is 0 Å². The van der Waals surface area contributed by atoms with E-state index >= 15 is 0 Å². The van der Waals surface area contributed by atoms with Crippen molar-refractivity contribution in [2.75, 3.05) is 0 Å². The lowest BCUT2D eigenvalue weighted by molar-refractivity contribution is -0.384. The van der Waals surface area contributed by atoms with Crippen molar-refractivity contribution < 1.29 is 18.9 Å². The third kappa shape index (κ3) is 4.94. The standard InChI is InChI=1S/C19H19ClN4O5/c1-3-23-10-13(12(2)22-23)9-21-19(25)17-7-5-15(29-17)11-28-18-8-14(24(26)27)4-6-16(18)20/h4-8,10H,3,9,11H2,1-2H3,(H,21,25). The number of aryl methyl sites for hydroxylation is 2. The van der Waals surface area contributed by atoms with Gasteiger partial charge in [0.25, 0.3) is 11.6 Å². The molecule has 0 saturated carbocycles. The molecule has 3 rings (SSSR count). The van der Waals surface area contributed by atoms with Gasteiger partial charge in [0, 0.05) is 30.9 Å². The van der Waals surface area contributed by atoms with Crippen molar-refractivity contribution in [3.8, 4) is 5.75 Å². The fourth-order valence-electron chi connectivity index (χ4n) is 2.60. The predicted octanol–water partition coefficient (Wildman–Crippen LogP) is 3.88. The van der Waals surface area contributed by atoms with E-state index in [2.05, 4.69) is 10.4 Å². The van der Waals surface area contributed by atoms with Crippen LogP contribution >= 0.6 is 11.6 Å². The Morgan fingerprint density at radius 2 is 2.17 bits per heavy atom. The van der Waals surface area contributed by atoms with Gasteiger partial charge in [0.15, 0.2) is 5.76 Å². The number of halogens is 1. The molecule has 0 fully saturated rings. The minimum Gasteiger partial charge on any atom is -0.484 e. The topological polar surface area (TPSA) is 112 Å². The molecule has 0 aliphatic rings. The molecule has 0 atom stereocenters. The second-order valence-electron chi connectivity index (χ2n) is 6.20. The zero-order valence-electron chi connectivity index (χ0n) is 15.8. The Balaban J connectivity index is 1.59. The fraction of sp³-hybridized carbons (Fsp3) is 0.263. The molecule has 9 nitrogen and oxygen atoms in total. The van der Waals surface area contributed by atoms with Crippen LogP contribution in [-0.4, -0.2) is 20.6 Å². The second-order valence-corrected chi connectivity index (χ2v) is 6.61. The molecule has 3 aromatic rings.